The maximum absolute atomic E-state index is 13.1. The molecular formula is C24H30N2O4. The Morgan fingerprint density at radius 2 is 1.97 bits per heavy atom. The zero-order valence-corrected chi connectivity index (χ0v) is 17.5. The van der Waals surface area contributed by atoms with Gasteiger partial charge in [0.25, 0.3) is 0 Å². The van der Waals surface area contributed by atoms with Gasteiger partial charge in [0, 0.05) is 25.8 Å². The molecule has 1 unspecified atom stereocenters. The molecule has 6 nitrogen and oxygen atoms in total. The van der Waals surface area contributed by atoms with E-state index in [0.717, 1.165) is 37.2 Å². The molecule has 2 heterocycles. The minimum atomic E-state index is -0.163. The molecule has 1 aromatic heterocycles. The number of hydrogen-bond donors (Lipinski definition) is 0. The summed E-state index contributed by atoms with van der Waals surface area (Å²) >= 11 is 0. The summed E-state index contributed by atoms with van der Waals surface area (Å²) in [5, 5.41) is 0. The van der Waals surface area contributed by atoms with Gasteiger partial charge in [0.15, 0.2) is 0 Å². The lowest BCUT2D eigenvalue weighted by Gasteiger charge is -2.28. The first-order valence-electron chi connectivity index (χ1n) is 10.6. The minimum Gasteiger partial charge on any atom is -0.467 e. The average molecular weight is 411 g/mol. The number of hydrogen-bond acceptors (Lipinski definition) is 4. The highest BCUT2D eigenvalue weighted by Gasteiger charge is 2.25. The van der Waals surface area contributed by atoms with E-state index in [1.54, 1.807) is 22.1 Å². The number of rotatable bonds is 10. The van der Waals surface area contributed by atoms with E-state index in [9.17, 15) is 9.59 Å². The largest absolute Gasteiger partial charge is 0.467 e. The van der Waals surface area contributed by atoms with Crippen molar-refractivity contribution in [3.8, 4) is 0 Å². The maximum atomic E-state index is 13.1. The van der Waals surface area contributed by atoms with Crippen LogP contribution < -0.4 is 0 Å². The number of carbonyl (C=O) groups is 2. The normalized spacial score (nSPS) is 16.1. The smallest absolute Gasteiger partial charge is 0.247 e. The Labute approximate surface area is 178 Å². The van der Waals surface area contributed by atoms with Crippen molar-refractivity contribution < 1.29 is 18.7 Å². The number of amides is 2. The second kappa shape index (κ2) is 11.4. The van der Waals surface area contributed by atoms with Crippen LogP contribution in [0.3, 0.4) is 0 Å². The molecule has 0 aliphatic carbocycles. The average Bonchev–Trinajstić information content (AvgIpc) is 3.46. The molecule has 1 aliphatic rings. The Balaban J connectivity index is 1.66. The molecule has 0 N–H and O–H groups in total. The number of nitrogens with zero attached hydrogens (tertiary/aromatic N) is 2. The fourth-order valence-corrected chi connectivity index (χ4v) is 3.52. The van der Waals surface area contributed by atoms with Crippen molar-refractivity contribution in [3.63, 3.8) is 0 Å². The fraction of sp³-hybridized carbons (Fsp3) is 0.417. The molecule has 30 heavy (non-hydrogen) atoms. The van der Waals surface area contributed by atoms with E-state index in [2.05, 4.69) is 0 Å². The first kappa shape index (κ1) is 21.8. The van der Waals surface area contributed by atoms with Gasteiger partial charge in [-0.25, -0.2) is 0 Å². The lowest BCUT2D eigenvalue weighted by atomic mass is 10.2. The topological polar surface area (TPSA) is 63.0 Å². The fourth-order valence-electron chi connectivity index (χ4n) is 3.52. The molecule has 2 amide bonds. The predicted octanol–water partition coefficient (Wildman–Crippen LogP) is 3.74. The van der Waals surface area contributed by atoms with Crippen molar-refractivity contribution >= 4 is 17.9 Å². The molecule has 0 bridgehead atoms. The lowest BCUT2D eigenvalue weighted by Crippen LogP contribution is -2.44. The highest BCUT2D eigenvalue weighted by molar-refractivity contribution is 5.94. The first-order valence-corrected chi connectivity index (χ1v) is 10.6. The van der Waals surface area contributed by atoms with Gasteiger partial charge in [0.2, 0.25) is 11.8 Å². The molecular weight excluding hydrogens is 380 g/mol. The lowest BCUT2D eigenvalue weighted by molar-refractivity contribution is -0.139. The summed E-state index contributed by atoms with van der Waals surface area (Å²) in [7, 11) is 0. The molecule has 3 rings (SSSR count). The molecule has 0 spiro atoms. The molecule has 160 valence electrons. The van der Waals surface area contributed by atoms with Crippen molar-refractivity contribution in [2.45, 2.75) is 38.8 Å². The summed E-state index contributed by atoms with van der Waals surface area (Å²) in [6, 6.07) is 13.3. The third-order valence-electron chi connectivity index (χ3n) is 5.08. The van der Waals surface area contributed by atoms with Gasteiger partial charge in [-0.3, -0.25) is 9.59 Å². The van der Waals surface area contributed by atoms with Gasteiger partial charge in [0.1, 0.15) is 12.3 Å². The Morgan fingerprint density at radius 1 is 1.13 bits per heavy atom. The van der Waals surface area contributed by atoms with E-state index in [0.29, 0.717) is 19.6 Å². The van der Waals surface area contributed by atoms with Gasteiger partial charge < -0.3 is 19.0 Å². The van der Waals surface area contributed by atoms with Gasteiger partial charge >= 0.3 is 0 Å². The van der Waals surface area contributed by atoms with Crippen molar-refractivity contribution in [1.82, 2.24) is 9.80 Å². The van der Waals surface area contributed by atoms with E-state index in [4.69, 9.17) is 9.15 Å². The SMILES string of the molecule is CCCN(CC(=O)N(Cc1ccco1)CC1CCCO1)C(=O)C=Cc1ccccc1. The third kappa shape index (κ3) is 6.59. The number of carbonyl (C=O) groups excluding carboxylic acids is 2. The molecule has 2 aromatic rings. The quantitative estimate of drug-likeness (QED) is 0.560. The van der Waals surface area contributed by atoms with Crippen LogP contribution in [-0.2, 0) is 20.9 Å². The van der Waals surface area contributed by atoms with Gasteiger partial charge in [-0.1, -0.05) is 37.3 Å². The minimum absolute atomic E-state index is 0.0391. The van der Waals surface area contributed by atoms with Crippen LogP contribution in [0, 0.1) is 0 Å². The van der Waals surface area contributed by atoms with Crippen LogP contribution in [0.5, 0.6) is 0 Å². The van der Waals surface area contributed by atoms with Crippen LogP contribution in [0.2, 0.25) is 0 Å². The molecule has 1 aromatic carbocycles. The Morgan fingerprint density at radius 3 is 2.63 bits per heavy atom. The van der Waals surface area contributed by atoms with Crippen molar-refractivity contribution in [2.24, 2.45) is 0 Å². The van der Waals surface area contributed by atoms with Crippen LogP contribution in [-0.4, -0.2) is 54.0 Å². The molecule has 1 atom stereocenters. The zero-order valence-electron chi connectivity index (χ0n) is 17.5. The van der Waals surface area contributed by atoms with Crippen molar-refractivity contribution in [3.05, 3.63) is 66.1 Å². The van der Waals surface area contributed by atoms with E-state index in [1.165, 1.54) is 6.08 Å². The van der Waals surface area contributed by atoms with Gasteiger partial charge in [-0.05, 0) is 43.0 Å². The van der Waals surface area contributed by atoms with E-state index in [-0.39, 0.29) is 24.5 Å². The summed E-state index contributed by atoms with van der Waals surface area (Å²) in [5.74, 6) is 0.458. The Bertz CT molecular complexity index is 811. The Hall–Kier alpha value is -2.86. The predicted molar refractivity (Wildman–Crippen MR) is 115 cm³/mol. The monoisotopic (exact) mass is 410 g/mol. The van der Waals surface area contributed by atoms with Crippen molar-refractivity contribution in [2.75, 3.05) is 26.2 Å². The van der Waals surface area contributed by atoms with Crippen LogP contribution in [0.25, 0.3) is 6.08 Å². The van der Waals surface area contributed by atoms with Gasteiger partial charge in [-0.15, -0.1) is 0 Å². The Kier molecular flexibility index (Phi) is 8.27. The van der Waals surface area contributed by atoms with E-state index >= 15 is 0 Å². The maximum Gasteiger partial charge on any atom is 0.247 e. The van der Waals surface area contributed by atoms with Gasteiger partial charge in [-0.2, -0.15) is 0 Å². The number of benzene rings is 1. The van der Waals surface area contributed by atoms with E-state index < -0.39 is 0 Å². The summed E-state index contributed by atoms with van der Waals surface area (Å²) < 4.78 is 11.2. The standard InChI is InChI=1S/C24H30N2O4/c1-2-14-25(23(27)13-12-20-8-4-3-5-9-20)19-24(28)26(17-21-10-6-15-29-21)18-22-11-7-16-30-22/h3-6,8-10,12-13,15,22H,2,7,11,14,16-19H2,1H3. The summed E-state index contributed by atoms with van der Waals surface area (Å²) in [6.07, 6.45) is 7.69. The molecule has 0 saturated carbocycles. The molecule has 6 heteroatoms. The molecule has 0 radical (unpaired) electrons. The zero-order chi connectivity index (χ0) is 21.2. The van der Waals surface area contributed by atoms with Crippen LogP contribution in [0.1, 0.15) is 37.5 Å². The number of ether oxygens (including phenoxy) is 1. The molecule has 1 aliphatic heterocycles. The summed E-state index contributed by atoms with van der Waals surface area (Å²) in [5.41, 5.74) is 0.950. The van der Waals surface area contributed by atoms with Crippen LogP contribution in [0.4, 0.5) is 0 Å². The van der Waals surface area contributed by atoms with Gasteiger partial charge in [0.05, 0.1) is 18.9 Å². The van der Waals surface area contributed by atoms with E-state index in [1.807, 2.05) is 49.4 Å². The van der Waals surface area contributed by atoms with Crippen LogP contribution >= 0.6 is 0 Å². The highest BCUT2D eigenvalue weighted by Crippen LogP contribution is 2.16. The molecule has 1 saturated heterocycles. The highest BCUT2D eigenvalue weighted by atomic mass is 16.5. The second-order valence-electron chi connectivity index (χ2n) is 7.49. The van der Waals surface area contributed by atoms with Crippen LogP contribution in [0.15, 0.2) is 59.2 Å². The summed E-state index contributed by atoms with van der Waals surface area (Å²) in [4.78, 5) is 29.2. The first-order chi connectivity index (χ1) is 14.7. The number of furan rings is 1. The summed E-state index contributed by atoms with van der Waals surface area (Å²) in [6.45, 7) is 4.18. The molecule has 1 fully saturated rings. The van der Waals surface area contributed by atoms with Crippen molar-refractivity contribution in [1.29, 1.82) is 0 Å². The second-order valence-corrected chi connectivity index (χ2v) is 7.49. The third-order valence-corrected chi connectivity index (χ3v) is 5.08.